The highest BCUT2D eigenvalue weighted by Crippen LogP contribution is 2.41. The summed E-state index contributed by atoms with van der Waals surface area (Å²) >= 11 is 0. The van der Waals surface area contributed by atoms with Gasteiger partial charge >= 0.3 is 0 Å². The van der Waals surface area contributed by atoms with E-state index in [9.17, 15) is 8.78 Å². The number of alkyl halides is 1. The van der Waals surface area contributed by atoms with Gasteiger partial charge in [-0.15, -0.1) is 0 Å². The second-order valence-corrected chi connectivity index (χ2v) is 4.62. The SMILES string of the molecule is CC.Cc1ccc2c(c1F)CC(F)C2(C)C. The minimum atomic E-state index is -0.964. The van der Waals surface area contributed by atoms with Crippen molar-refractivity contribution in [2.24, 2.45) is 0 Å². The van der Waals surface area contributed by atoms with Gasteiger partial charge in [0.25, 0.3) is 0 Å². The summed E-state index contributed by atoms with van der Waals surface area (Å²) in [5.41, 5.74) is 1.47. The molecule has 0 nitrogen and oxygen atoms in total. The Balaban J connectivity index is 0.000000606. The van der Waals surface area contributed by atoms with Crippen molar-refractivity contribution in [1.82, 2.24) is 0 Å². The molecule has 0 bridgehead atoms. The van der Waals surface area contributed by atoms with Crippen molar-refractivity contribution in [3.8, 4) is 0 Å². The quantitative estimate of drug-likeness (QED) is 0.617. The summed E-state index contributed by atoms with van der Waals surface area (Å²) in [6, 6.07) is 3.58. The summed E-state index contributed by atoms with van der Waals surface area (Å²) in [5, 5.41) is 0. The molecule has 90 valence electrons. The van der Waals surface area contributed by atoms with Crippen LogP contribution in [0.4, 0.5) is 8.78 Å². The van der Waals surface area contributed by atoms with Gasteiger partial charge in [0, 0.05) is 11.8 Å². The minimum absolute atomic E-state index is 0.218. The molecular formula is C14H20F2. The molecule has 1 aliphatic rings. The van der Waals surface area contributed by atoms with E-state index in [-0.39, 0.29) is 12.2 Å². The van der Waals surface area contributed by atoms with E-state index in [2.05, 4.69) is 0 Å². The largest absolute Gasteiger partial charge is 0.246 e. The van der Waals surface area contributed by atoms with Gasteiger partial charge in [0.05, 0.1) is 0 Å². The Kier molecular flexibility index (Phi) is 3.72. The van der Waals surface area contributed by atoms with Gasteiger partial charge in [0.2, 0.25) is 0 Å². The molecule has 0 radical (unpaired) electrons. The summed E-state index contributed by atoms with van der Waals surface area (Å²) in [6.07, 6.45) is -0.746. The second-order valence-electron chi connectivity index (χ2n) is 4.62. The predicted octanol–water partition coefficient (Wildman–Crippen LogP) is 4.33. The van der Waals surface area contributed by atoms with Crippen molar-refractivity contribution in [2.45, 2.75) is 52.6 Å². The van der Waals surface area contributed by atoms with Gasteiger partial charge in [-0.25, -0.2) is 8.78 Å². The first-order valence-electron chi connectivity index (χ1n) is 5.87. The van der Waals surface area contributed by atoms with Crippen LogP contribution in [0.3, 0.4) is 0 Å². The highest BCUT2D eigenvalue weighted by atomic mass is 19.1. The van der Waals surface area contributed by atoms with Gasteiger partial charge < -0.3 is 0 Å². The highest BCUT2D eigenvalue weighted by Gasteiger charge is 2.41. The number of halogens is 2. The number of benzene rings is 1. The molecule has 0 aromatic heterocycles. The Bertz CT molecular complexity index is 381. The van der Waals surface area contributed by atoms with Crippen LogP contribution in [-0.4, -0.2) is 6.17 Å². The van der Waals surface area contributed by atoms with Crippen LogP contribution in [0, 0.1) is 12.7 Å². The van der Waals surface area contributed by atoms with E-state index in [1.165, 1.54) is 0 Å². The average Bonchev–Trinajstić information content (AvgIpc) is 2.49. The molecule has 0 heterocycles. The number of aryl methyl sites for hydroxylation is 1. The summed E-state index contributed by atoms with van der Waals surface area (Å²) < 4.78 is 27.3. The number of rotatable bonds is 0. The molecule has 0 N–H and O–H groups in total. The summed E-state index contributed by atoms with van der Waals surface area (Å²) in [6.45, 7) is 9.38. The summed E-state index contributed by atoms with van der Waals surface area (Å²) in [5.74, 6) is -0.226. The van der Waals surface area contributed by atoms with Crippen LogP contribution in [0.25, 0.3) is 0 Å². The van der Waals surface area contributed by atoms with E-state index >= 15 is 0 Å². The standard InChI is InChI=1S/C12H14F2.C2H6/c1-7-4-5-9-8(11(7)14)6-10(13)12(9,2)3;1-2/h4-5,10H,6H2,1-3H3;1-2H3. The molecule has 1 aromatic rings. The zero-order valence-electron chi connectivity index (χ0n) is 10.7. The van der Waals surface area contributed by atoms with Gasteiger partial charge in [-0.05, 0) is 23.6 Å². The maximum Gasteiger partial charge on any atom is 0.129 e. The van der Waals surface area contributed by atoms with Crippen LogP contribution in [0.1, 0.15) is 44.4 Å². The predicted molar refractivity (Wildman–Crippen MR) is 64.1 cm³/mol. The van der Waals surface area contributed by atoms with Crippen LogP contribution >= 0.6 is 0 Å². The fourth-order valence-electron chi connectivity index (χ4n) is 2.14. The first-order valence-corrected chi connectivity index (χ1v) is 5.87. The third kappa shape index (κ3) is 1.85. The lowest BCUT2D eigenvalue weighted by molar-refractivity contribution is 0.237. The zero-order chi connectivity index (χ0) is 12.5. The lowest BCUT2D eigenvalue weighted by Crippen LogP contribution is -2.24. The Hall–Kier alpha value is -0.920. The summed E-state index contributed by atoms with van der Waals surface area (Å²) in [7, 11) is 0. The molecule has 0 aliphatic heterocycles. The van der Waals surface area contributed by atoms with E-state index < -0.39 is 11.6 Å². The van der Waals surface area contributed by atoms with Crippen molar-refractivity contribution in [1.29, 1.82) is 0 Å². The molecule has 1 atom stereocenters. The Morgan fingerprint density at radius 3 is 2.38 bits per heavy atom. The van der Waals surface area contributed by atoms with E-state index in [1.807, 2.05) is 33.8 Å². The first-order chi connectivity index (χ1) is 7.44. The van der Waals surface area contributed by atoms with Crippen molar-refractivity contribution < 1.29 is 8.78 Å². The summed E-state index contributed by atoms with van der Waals surface area (Å²) in [4.78, 5) is 0. The van der Waals surface area contributed by atoms with Crippen LogP contribution in [0.15, 0.2) is 12.1 Å². The Labute approximate surface area is 96.7 Å². The van der Waals surface area contributed by atoms with Crippen LogP contribution < -0.4 is 0 Å². The minimum Gasteiger partial charge on any atom is -0.246 e. The van der Waals surface area contributed by atoms with Gasteiger partial charge in [0.15, 0.2) is 0 Å². The van der Waals surface area contributed by atoms with E-state index in [0.29, 0.717) is 11.1 Å². The van der Waals surface area contributed by atoms with Crippen molar-refractivity contribution >= 4 is 0 Å². The Morgan fingerprint density at radius 1 is 1.25 bits per heavy atom. The van der Waals surface area contributed by atoms with Crippen molar-refractivity contribution in [3.63, 3.8) is 0 Å². The average molecular weight is 226 g/mol. The third-order valence-electron chi connectivity index (χ3n) is 3.30. The molecule has 2 heteroatoms. The molecule has 0 amide bonds. The molecule has 0 fully saturated rings. The fourth-order valence-corrected chi connectivity index (χ4v) is 2.14. The monoisotopic (exact) mass is 226 g/mol. The van der Waals surface area contributed by atoms with Gasteiger partial charge in [-0.1, -0.05) is 39.8 Å². The molecule has 1 aliphatic carbocycles. The number of hydrogen-bond acceptors (Lipinski definition) is 0. The van der Waals surface area contributed by atoms with E-state index in [4.69, 9.17) is 0 Å². The first kappa shape index (κ1) is 13.1. The molecule has 0 saturated heterocycles. The van der Waals surface area contributed by atoms with Crippen LogP contribution in [0.2, 0.25) is 0 Å². The maximum absolute atomic E-state index is 13.7. The maximum atomic E-state index is 13.7. The lowest BCUT2D eigenvalue weighted by atomic mass is 9.85. The smallest absolute Gasteiger partial charge is 0.129 e. The van der Waals surface area contributed by atoms with Gasteiger partial charge in [-0.3, -0.25) is 0 Å². The zero-order valence-corrected chi connectivity index (χ0v) is 10.7. The molecule has 0 spiro atoms. The second kappa shape index (κ2) is 4.52. The van der Waals surface area contributed by atoms with E-state index in [0.717, 1.165) is 5.56 Å². The third-order valence-corrected chi connectivity index (χ3v) is 3.30. The molecule has 1 unspecified atom stereocenters. The number of hydrogen-bond donors (Lipinski definition) is 0. The highest BCUT2D eigenvalue weighted by molar-refractivity contribution is 5.43. The fraction of sp³-hybridized carbons (Fsp3) is 0.571. The van der Waals surface area contributed by atoms with Gasteiger partial charge in [-0.2, -0.15) is 0 Å². The van der Waals surface area contributed by atoms with Crippen molar-refractivity contribution in [3.05, 3.63) is 34.6 Å². The van der Waals surface area contributed by atoms with Gasteiger partial charge in [0.1, 0.15) is 12.0 Å². The molecule has 16 heavy (non-hydrogen) atoms. The van der Waals surface area contributed by atoms with E-state index in [1.54, 1.807) is 13.0 Å². The Morgan fingerprint density at radius 2 is 1.81 bits per heavy atom. The molecule has 1 aromatic carbocycles. The molecule has 2 rings (SSSR count). The number of fused-ring (bicyclic) bond motifs is 1. The van der Waals surface area contributed by atoms with Crippen LogP contribution in [-0.2, 0) is 11.8 Å². The molecule has 0 saturated carbocycles. The van der Waals surface area contributed by atoms with Crippen molar-refractivity contribution in [2.75, 3.05) is 0 Å². The topological polar surface area (TPSA) is 0 Å². The molecular weight excluding hydrogens is 206 g/mol. The normalized spacial score (nSPS) is 21.1. The van der Waals surface area contributed by atoms with Crippen LogP contribution in [0.5, 0.6) is 0 Å². The lowest BCUT2D eigenvalue weighted by Gasteiger charge is -2.22.